The summed E-state index contributed by atoms with van der Waals surface area (Å²) in [4.78, 5) is 0. The Bertz CT molecular complexity index is 148. The van der Waals surface area contributed by atoms with Crippen LogP contribution in [0.15, 0.2) is 12.7 Å². The number of rotatable bonds is 13. The van der Waals surface area contributed by atoms with Gasteiger partial charge in [-0.3, -0.25) is 0 Å². The second-order valence-electron chi connectivity index (χ2n) is 5.59. The van der Waals surface area contributed by atoms with Crippen molar-refractivity contribution in [3.63, 3.8) is 0 Å². The van der Waals surface area contributed by atoms with Crippen LogP contribution in [0.2, 0.25) is 0 Å². The summed E-state index contributed by atoms with van der Waals surface area (Å²) >= 11 is 0. The summed E-state index contributed by atoms with van der Waals surface area (Å²) in [6.07, 6.45) is 18.9. The highest BCUT2D eigenvalue weighted by molar-refractivity contribution is 4.65. The molecular formula is C17H34. The highest BCUT2D eigenvalue weighted by Gasteiger charge is 2.01. The van der Waals surface area contributed by atoms with Crippen molar-refractivity contribution in [2.75, 3.05) is 0 Å². The molecule has 0 heteroatoms. The van der Waals surface area contributed by atoms with Gasteiger partial charge in [-0.15, -0.1) is 6.58 Å². The summed E-state index contributed by atoms with van der Waals surface area (Å²) in [6.45, 7) is 8.48. The number of hydrogen-bond donors (Lipinski definition) is 0. The lowest BCUT2D eigenvalue weighted by Crippen LogP contribution is -1.95. The van der Waals surface area contributed by atoms with Gasteiger partial charge in [-0.25, -0.2) is 0 Å². The van der Waals surface area contributed by atoms with Gasteiger partial charge in [0.1, 0.15) is 0 Å². The molecule has 1 unspecified atom stereocenters. The SMILES string of the molecule is C=CCCCCCCC(C)CCCCCCC. The van der Waals surface area contributed by atoms with E-state index in [1.54, 1.807) is 0 Å². The van der Waals surface area contributed by atoms with Gasteiger partial charge in [-0.1, -0.05) is 84.1 Å². The van der Waals surface area contributed by atoms with Crippen molar-refractivity contribution in [3.8, 4) is 0 Å². The van der Waals surface area contributed by atoms with Crippen molar-refractivity contribution in [2.45, 2.75) is 90.9 Å². The molecule has 0 saturated carbocycles. The maximum absolute atomic E-state index is 3.76. The van der Waals surface area contributed by atoms with E-state index < -0.39 is 0 Å². The van der Waals surface area contributed by atoms with Gasteiger partial charge in [0.2, 0.25) is 0 Å². The molecule has 1 atom stereocenters. The van der Waals surface area contributed by atoms with Crippen LogP contribution in [0, 0.1) is 5.92 Å². The number of unbranched alkanes of at least 4 members (excludes halogenated alkanes) is 8. The molecule has 0 aliphatic carbocycles. The minimum atomic E-state index is 0.955. The lowest BCUT2D eigenvalue weighted by molar-refractivity contribution is 0.434. The van der Waals surface area contributed by atoms with Crippen molar-refractivity contribution in [1.82, 2.24) is 0 Å². The Hall–Kier alpha value is -0.260. The number of hydrogen-bond acceptors (Lipinski definition) is 0. The summed E-state index contributed by atoms with van der Waals surface area (Å²) in [7, 11) is 0. The fourth-order valence-electron chi connectivity index (χ4n) is 2.38. The van der Waals surface area contributed by atoms with Crippen molar-refractivity contribution < 1.29 is 0 Å². The molecule has 0 rings (SSSR count). The van der Waals surface area contributed by atoms with E-state index in [-0.39, 0.29) is 0 Å². The van der Waals surface area contributed by atoms with E-state index in [1.165, 1.54) is 77.0 Å². The van der Waals surface area contributed by atoms with Crippen LogP contribution in [0.4, 0.5) is 0 Å². The molecule has 0 heterocycles. The van der Waals surface area contributed by atoms with Crippen LogP contribution in [0.5, 0.6) is 0 Å². The molecule has 0 bridgehead atoms. The highest BCUT2D eigenvalue weighted by atomic mass is 14.1. The van der Waals surface area contributed by atoms with Crippen LogP contribution in [-0.4, -0.2) is 0 Å². The molecule has 0 aliphatic heterocycles. The van der Waals surface area contributed by atoms with Gasteiger partial charge < -0.3 is 0 Å². The van der Waals surface area contributed by atoms with Crippen molar-refractivity contribution >= 4 is 0 Å². The average molecular weight is 238 g/mol. The Balaban J connectivity index is 3.11. The van der Waals surface area contributed by atoms with E-state index in [9.17, 15) is 0 Å². The van der Waals surface area contributed by atoms with E-state index >= 15 is 0 Å². The molecule has 0 aromatic heterocycles. The summed E-state index contributed by atoms with van der Waals surface area (Å²) in [5, 5.41) is 0. The normalized spacial score (nSPS) is 12.6. The molecule has 0 N–H and O–H groups in total. The van der Waals surface area contributed by atoms with Gasteiger partial charge in [0.25, 0.3) is 0 Å². The smallest absolute Gasteiger partial charge is 0.0353 e. The Kier molecular flexibility index (Phi) is 13.6. The molecule has 0 aromatic carbocycles. The molecule has 0 fully saturated rings. The van der Waals surface area contributed by atoms with Crippen molar-refractivity contribution in [2.24, 2.45) is 5.92 Å². The summed E-state index contributed by atoms with van der Waals surface area (Å²) < 4.78 is 0. The lowest BCUT2D eigenvalue weighted by atomic mass is 9.96. The van der Waals surface area contributed by atoms with Gasteiger partial charge in [0.05, 0.1) is 0 Å². The number of allylic oxidation sites excluding steroid dienone is 1. The van der Waals surface area contributed by atoms with Gasteiger partial charge in [0.15, 0.2) is 0 Å². The second kappa shape index (κ2) is 13.8. The summed E-state index contributed by atoms with van der Waals surface area (Å²) in [6, 6.07) is 0. The van der Waals surface area contributed by atoms with Gasteiger partial charge in [-0.05, 0) is 18.8 Å². The molecule has 0 nitrogen and oxygen atoms in total. The third kappa shape index (κ3) is 13.7. The van der Waals surface area contributed by atoms with Gasteiger partial charge in [0, 0.05) is 0 Å². The Labute approximate surface area is 110 Å². The molecule has 102 valence electrons. The maximum atomic E-state index is 3.76. The van der Waals surface area contributed by atoms with Crippen LogP contribution in [-0.2, 0) is 0 Å². The molecule has 0 spiro atoms. The molecular weight excluding hydrogens is 204 g/mol. The maximum Gasteiger partial charge on any atom is -0.0353 e. The zero-order valence-corrected chi connectivity index (χ0v) is 12.3. The molecule has 17 heavy (non-hydrogen) atoms. The van der Waals surface area contributed by atoms with Crippen LogP contribution in [0.25, 0.3) is 0 Å². The predicted molar refractivity (Wildman–Crippen MR) is 80.4 cm³/mol. The third-order valence-electron chi connectivity index (χ3n) is 3.66. The quantitative estimate of drug-likeness (QED) is 0.253. The topological polar surface area (TPSA) is 0 Å². The van der Waals surface area contributed by atoms with Gasteiger partial charge >= 0.3 is 0 Å². The Morgan fingerprint density at radius 3 is 1.88 bits per heavy atom. The second-order valence-corrected chi connectivity index (χ2v) is 5.59. The first-order valence-electron chi connectivity index (χ1n) is 7.92. The van der Waals surface area contributed by atoms with Gasteiger partial charge in [-0.2, -0.15) is 0 Å². The lowest BCUT2D eigenvalue weighted by Gasteiger charge is -2.10. The molecule has 0 radical (unpaired) electrons. The van der Waals surface area contributed by atoms with Crippen molar-refractivity contribution in [1.29, 1.82) is 0 Å². The van der Waals surface area contributed by atoms with Crippen LogP contribution in [0.1, 0.15) is 90.9 Å². The first-order chi connectivity index (χ1) is 8.31. The first-order valence-corrected chi connectivity index (χ1v) is 7.92. The monoisotopic (exact) mass is 238 g/mol. The third-order valence-corrected chi connectivity index (χ3v) is 3.66. The fourth-order valence-corrected chi connectivity index (χ4v) is 2.38. The Morgan fingerprint density at radius 1 is 0.824 bits per heavy atom. The van der Waals surface area contributed by atoms with E-state index in [2.05, 4.69) is 20.4 Å². The first kappa shape index (κ1) is 16.7. The molecule has 0 saturated heterocycles. The Morgan fingerprint density at radius 2 is 1.35 bits per heavy atom. The van der Waals surface area contributed by atoms with E-state index in [1.807, 2.05) is 6.08 Å². The van der Waals surface area contributed by atoms with Crippen LogP contribution in [0.3, 0.4) is 0 Å². The zero-order valence-electron chi connectivity index (χ0n) is 12.3. The van der Waals surface area contributed by atoms with Crippen LogP contribution >= 0.6 is 0 Å². The standard InChI is InChI=1S/C17H34/c1-4-6-8-10-12-14-16-17(3)15-13-11-9-7-5-2/h4,17H,1,5-16H2,2-3H3. The summed E-state index contributed by atoms with van der Waals surface area (Å²) in [5.41, 5.74) is 0. The predicted octanol–water partition coefficient (Wildman–Crippen LogP) is 6.51. The van der Waals surface area contributed by atoms with E-state index in [4.69, 9.17) is 0 Å². The minimum Gasteiger partial charge on any atom is -0.103 e. The molecule has 0 aliphatic rings. The zero-order chi connectivity index (χ0) is 12.8. The largest absolute Gasteiger partial charge is 0.103 e. The fraction of sp³-hybridized carbons (Fsp3) is 0.882. The van der Waals surface area contributed by atoms with Crippen molar-refractivity contribution in [3.05, 3.63) is 12.7 Å². The van der Waals surface area contributed by atoms with Crippen LogP contribution < -0.4 is 0 Å². The summed E-state index contributed by atoms with van der Waals surface area (Å²) in [5.74, 6) is 0.955. The molecule has 0 aromatic rings. The molecule has 0 amide bonds. The minimum absolute atomic E-state index is 0.955. The van der Waals surface area contributed by atoms with E-state index in [0.717, 1.165) is 5.92 Å². The van der Waals surface area contributed by atoms with E-state index in [0.29, 0.717) is 0 Å². The highest BCUT2D eigenvalue weighted by Crippen LogP contribution is 2.17. The average Bonchev–Trinajstić information content (AvgIpc) is 2.33.